The lowest BCUT2D eigenvalue weighted by atomic mass is 9.90. The molecule has 3 heteroatoms. The molecule has 0 radical (unpaired) electrons. The van der Waals surface area contributed by atoms with Crippen LogP contribution in [0, 0.1) is 22.7 Å². The molecule has 124 valence electrons. The molecule has 2 fully saturated rings. The van der Waals surface area contributed by atoms with Crippen molar-refractivity contribution in [1.29, 1.82) is 0 Å². The minimum Gasteiger partial charge on any atom is -0.396 e. The first kappa shape index (κ1) is 18.6. The van der Waals surface area contributed by atoms with Crippen LogP contribution in [-0.4, -0.2) is 29.2 Å². The Labute approximate surface area is 130 Å². The molecule has 0 aliphatic heterocycles. The molecular weight excluding hydrogens is 264 g/mol. The third-order valence-electron chi connectivity index (χ3n) is 4.99. The van der Waals surface area contributed by atoms with Crippen LogP contribution in [0.1, 0.15) is 72.6 Å². The molecule has 0 heterocycles. The van der Waals surface area contributed by atoms with E-state index in [1.807, 2.05) is 0 Å². The molecule has 2 aliphatic carbocycles. The summed E-state index contributed by atoms with van der Waals surface area (Å²) in [5.74, 6) is 1.28. The summed E-state index contributed by atoms with van der Waals surface area (Å²) in [5.41, 5.74) is 0.733. The van der Waals surface area contributed by atoms with Gasteiger partial charge in [0.1, 0.15) is 5.78 Å². The van der Waals surface area contributed by atoms with Crippen molar-refractivity contribution in [2.75, 3.05) is 13.2 Å². The van der Waals surface area contributed by atoms with E-state index in [2.05, 4.69) is 27.7 Å². The van der Waals surface area contributed by atoms with Gasteiger partial charge in [-0.1, -0.05) is 27.7 Å². The Morgan fingerprint density at radius 3 is 2.00 bits per heavy atom. The zero-order valence-electron chi connectivity index (χ0n) is 14.3. The van der Waals surface area contributed by atoms with Crippen molar-refractivity contribution in [3.05, 3.63) is 0 Å². The third kappa shape index (κ3) is 6.48. The first-order valence-electron chi connectivity index (χ1n) is 8.43. The number of Topliss-reactive ketones (excluding diaryl/α,β-unsaturated/α-hetero) is 1. The number of aliphatic hydroxyl groups is 2. The second-order valence-corrected chi connectivity index (χ2v) is 8.51. The maximum absolute atomic E-state index is 11.3. The zero-order chi connectivity index (χ0) is 16.1. The zero-order valence-corrected chi connectivity index (χ0v) is 14.3. The number of hydrogen-bond acceptors (Lipinski definition) is 3. The maximum Gasteiger partial charge on any atom is 0.136 e. The Bertz CT molecular complexity index is 333. The van der Waals surface area contributed by atoms with Crippen molar-refractivity contribution in [1.82, 2.24) is 0 Å². The highest BCUT2D eigenvalue weighted by atomic mass is 16.3. The highest BCUT2D eigenvalue weighted by Crippen LogP contribution is 2.42. The van der Waals surface area contributed by atoms with Crippen molar-refractivity contribution in [3.8, 4) is 0 Å². The van der Waals surface area contributed by atoms with E-state index >= 15 is 0 Å². The van der Waals surface area contributed by atoms with Crippen LogP contribution < -0.4 is 0 Å². The average molecular weight is 298 g/mol. The molecule has 3 nitrogen and oxygen atoms in total. The lowest BCUT2D eigenvalue weighted by Gasteiger charge is -2.16. The van der Waals surface area contributed by atoms with Gasteiger partial charge in [-0.05, 0) is 55.3 Å². The minimum absolute atomic E-state index is 0.134. The van der Waals surface area contributed by atoms with Crippen LogP contribution in [0.25, 0.3) is 0 Å². The van der Waals surface area contributed by atoms with Crippen molar-refractivity contribution in [2.45, 2.75) is 72.6 Å². The number of ketones is 1. The Morgan fingerprint density at radius 1 is 1.00 bits per heavy atom. The highest BCUT2D eigenvalue weighted by Gasteiger charge is 2.37. The van der Waals surface area contributed by atoms with E-state index in [0.29, 0.717) is 30.6 Å². The molecule has 2 N–H and O–H groups in total. The molecule has 0 spiro atoms. The first-order chi connectivity index (χ1) is 9.69. The van der Waals surface area contributed by atoms with Gasteiger partial charge in [0.05, 0.1) is 0 Å². The SMILES string of the molecule is CC1(C)CC(=O)[C@@H](CCO)C1.CC1(C)CC[C@@H](CCO)C1. The molecule has 0 aromatic carbocycles. The maximum atomic E-state index is 11.3. The van der Waals surface area contributed by atoms with Crippen LogP contribution in [0.2, 0.25) is 0 Å². The minimum atomic E-state index is 0.134. The summed E-state index contributed by atoms with van der Waals surface area (Å²) in [5, 5.41) is 17.4. The van der Waals surface area contributed by atoms with Crippen molar-refractivity contribution >= 4 is 5.78 Å². The average Bonchev–Trinajstić information content (AvgIpc) is 2.80. The molecule has 0 amide bonds. The Balaban J connectivity index is 0.000000211. The van der Waals surface area contributed by atoms with E-state index in [-0.39, 0.29) is 17.9 Å². The van der Waals surface area contributed by atoms with Crippen molar-refractivity contribution in [2.24, 2.45) is 22.7 Å². The normalized spacial score (nSPS) is 30.1. The number of carbonyl (C=O) groups excluding carboxylic acids is 1. The van der Waals surface area contributed by atoms with Crippen LogP contribution in [0.4, 0.5) is 0 Å². The molecule has 0 aromatic heterocycles. The predicted molar refractivity (Wildman–Crippen MR) is 86.0 cm³/mol. The second kappa shape index (κ2) is 7.73. The van der Waals surface area contributed by atoms with Gasteiger partial charge in [-0.3, -0.25) is 4.79 Å². The molecule has 2 aliphatic rings. The topological polar surface area (TPSA) is 57.5 Å². The van der Waals surface area contributed by atoms with E-state index in [1.54, 1.807) is 0 Å². The standard InChI is InChI=1S/C9H16O2.C9H18O/c1-9(2)5-7(3-4-10)8(11)6-9;1-9(2)5-3-8(7-9)4-6-10/h7,10H,3-6H2,1-2H3;8,10H,3-7H2,1-2H3/t7-;8-/m00/s1. The molecule has 21 heavy (non-hydrogen) atoms. The molecular formula is C18H34O3. The number of rotatable bonds is 4. The van der Waals surface area contributed by atoms with Gasteiger partial charge in [-0.2, -0.15) is 0 Å². The summed E-state index contributed by atoms with van der Waals surface area (Å²) in [6.45, 7) is 9.40. The second-order valence-electron chi connectivity index (χ2n) is 8.51. The molecule has 0 bridgehead atoms. The predicted octanol–water partition coefficient (Wildman–Crippen LogP) is 3.57. The highest BCUT2D eigenvalue weighted by molar-refractivity contribution is 5.83. The van der Waals surface area contributed by atoms with Crippen molar-refractivity contribution in [3.63, 3.8) is 0 Å². The molecule has 0 aromatic rings. The largest absolute Gasteiger partial charge is 0.396 e. The third-order valence-corrected chi connectivity index (χ3v) is 4.99. The Hall–Kier alpha value is -0.410. The fourth-order valence-corrected chi connectivity index (χ4v) is 3.90. The van der Waals surface area contributed by atoms with Gasteiger partial charge in [-0.15, -0.1) is 0 Å². The molecule has 2 saturated carbocycles. The summed E-state index contributed by atoms with van der Waals surface area (Å²) < 4.78 is 0. The van der Waals surface area contributed by atoms with E-state index < -0.39 is 0 Å². The van der Waals surface area contributed by atoms with Gasteiger partial charge in [0.15, 0.2) is 0 Å². The number of carbonyl (C=O) groups is 1. The fraction of sp³-hybridized carbons (Fsp3) is 0.944. The lowest BCUT2D eigenvalue weighted by Crippen LogP contribution is -2.07. The van der Waals surface area contributed by atoms with Crippen LogP contribution >= 0.6 is 0 Å². The van der Waals surface area contributed by atoms with Crippen LogP contribution in [0.15, 0.2) is 0 Å². The lowest BCUT2D eigenvalue weighted by molar-refractivity contribution is -0.121. The van der Waals surface area contributed by atoms with Crippen LogP contribution in [0.5, 0.6) is 0 Å². The molecule has 0 saturated heterocycles. The van der Waals surface area contributed by atoms with Gasteiger partial charge >= 0.3 is 0 Å². The molecule has 2 atom stereocenters. The summed E-state index contributed by atoms with van der Waals surface area (Å²) in [6, 6.07) is 0. The van der Waals surface area contributed by atoms with Crippen molar-refractivity contribution < 1.29 is 15.0 Å². The monoisotopic (exact) mass is 298 g/mol. The molecule has 2 rings (SSSR count). The van der Waals surface area contributed by atoms with E-state index in [4.69, 9.17) is 10.2 Å². The van der Waals surface area contributed by atoms with Gasteiger partial charge in [0, 0.05) is 25.6 Å². The van der Waals surface area contributed by atoms with E-state index in [9.17, 15) is 4.79 Å². The summed E-state index contributed by atoms with van der Waals surface area (Å²) >= 11 is 0. The summed E-state index contributed by atoms with van der Waals surface area (Å²) in [6.07, 6.45) is 7.30. The molecule has 0 unspecified atom stereocenters. The Morgan fingerprint density at radius 2 is 1.62 bits per heavy atom. The van der Waals surface area contributed by atoms with Gasteiger partial charge in [0.25, 0.3) is 0 Å². The van der Waals surface area contributed by atoms with Crippen LogP contribution in [-0.2, 0) is 4.79 Å². The van der Waals surface area contributed by atoms with E-state index in [0.717, 1.165) is 18.8 Å². The smallest absolute Gasteiger partial charge is 0.136 e. The number of hydrogen-bond donors (Lipinski definition) is 2. The number of aliphatic hydroxyl groups excluding tert-OH is 2. The van der Waals surface area contributed by atoms with Gasteiger partial charge in [-0.25, -0.2) is 0 Å². The fourth-order valence-electron chi connectivity index (χ4n) is 3.90. The van der Waals surface area contributed by atoms with Gasteiger partial charge < -0.3 is 10.2 Å². The summed E-state index contributed by atoms with van der Waals surface area (Å²) in [4.78, 5) is 11.3. The van der Waals surface area contributed by atoms with Gasteiger partial charge in [0.2, 0.25) is 0 Å². The Kier molecular flexibility index (Phi) is 6.86. The summed E-state index contributed by atoms with van der Waals surface area (Å²) in [7, 11) is 0. The first-order valence-corrected chi connectivity index (χ1v) is 8.43. The quantitative estimate of drug-likeness (QED) is 0.834. The van der Waals surface area contributed by atoms with E-state index in [1.165, 1.54) is 19.3 Å². The van der Waals surface area contributed by atoms with Crippen LogP contribution in [0.3, 0.4) is 0 Å².